The zero-order valence-corrected chi connectivity index (χ0v) is 15.7. The van der Waals surface area contributed by atoms with Gasteiger partial charge in [-0.05, 0) is 38.0 Å². The number of hydrogen-bond donors (Lipinski definition) is 1. The molecule has 2 aliphatic heterocycles. The van der Waals surface area contributed by atoms with Crippen molar-refractivity contribution in [3.05, 3.63) is 35.6 Å². The van der Waals surface area contributed by atoms with Gasteiger partial charge in [0.05, 0.1) is 12.2 Å². The average molecular weight is 377 g/mol. The van der Waals surface area contributed by atoms with Gasteiger partial charge in [-0.25, -0.2) is 9.18 Å². The summed E-state index contributed by atoms with van der Waals surface area (Å²) in [6, 6.07) is 4.84. The molecule has 2 saturated heterocycles. The van der Waals surface area contributed by atoms with Crippen LogP contribution in [-0.2, 0) is 19.9 Å². The molecule has 3 rings (SSSR count). The lowest BCUT2D eigenvalue weighted by Gasteiger charge is -2.35. The van der Waals surface area contributed by atoms with E-state index in [0.29, 0.717) is 25.1 Å². The first-order valence-corrected chi connectivity index (χ1v) is 9.10. The maximum Gasteiger partial charge on any atom is 0.325 e. The molecule has 0 aromatic heterocycles. The summed E-state index contributed by atoms with van der Waals surface area (Å²) >= 11 is 0. The summed E-state index contributed by atoms with van der Waals surface area (Å²) in [5.74, 6) is -1.22. The summed E-state index contributed by atoms with van der Waals surface area (Å²) in [6.45, 7) is 6.03. The molecule has 3 atom stereocenters. The number of carbonyl (C=O) groups is 3. The number of nitrogens with zero attached hydrogens (tertiary/aromatic N) is 2. The van der Waals surface area contributed by atoms with E-state index in [1.165, 1.54) is 24.3 Å². The quantitative estimate of drug-likeness (QED) is 0.809. The summed E-state index contributed by atoms with van der Waals surface area (Å²) in [5.41, 5.74) is -0.787. The van der Waals surface area contributed by atoms with Crippen LogP contribution in [-0.4, -0.2) is 59.5 Å². The molecule has 2 fully saturated rings. The van der Waals surface area contributed by atoms with Crippen LogP contribution in [0.1, 0.15) is 32.8 Å². The van der Waals surface area contributed by atoms with Gasteiger partial charge in [-0.15, -0.1) is 0 Å². The number of nitrogens with one attached hydrogen (secondary N) is 1. The van der Waals surface area contributed by atoms with Crippen LogP contribution < -0.4 is 5.32 Å². The van der Waals surface area contributed by atoms with E-state index in [1.807, 2.05) is 13.8 Å². The number of rotatable bonds is 4. The molecule has 0 spiro atoms. The number of benzene rings is 1. The number of halogens is 1. The first-order chi connectivity index (χ1) is 12.8. The zero-order chi connectivity index (χ0) is 19.8. The molecule has 0 radical (unpaired) electrons. The van der Waals surface area contributed by atoms with E-state index in [9.17, 15) is 18.8 Å². The Hall–Kier alpha value is -2.48. The van der Waals surface area contributed by atoms with Crippen LogP contribution >= 0.6 is 0 Å². The Kier molecular flexibility index (Phi) is 5.19. The minimum atomic E-state index is -1.28. The highest BCUT2D eigenvalue weighted by Gasteiger charge is 2.52. The molecule has 2 aliphatic rings. The van der Waals surface area contributed by atoms with E-state index >= 15 is 0 Å². The third kappa shape index (κ3) is 3.53. The van der Waals surface area contributed by atoms with Crippen LogP contribution in [0, 0.1) is 5.82 Å². The van der Waals surface area contributed by atoms with Gasteiger partial charge < -0.3 is 15.0 Å². The Morgan fingerprint density at radius 3 is 2.37 bits per heavy atom. The molecule has 27 heavy (non-hydrogen) atoms. The lowest BCUT2D eigenvalue weighted by molar-refractivity contribution is -0.147. The predicted molar refractivity (Wildman–Crippen MR) is 95.2 cm³/mol. The van der Waals surface area contributed by atoms with Crippen molar-refractivity contribution >= 4 is 17.8 Å². The molecular weight excluding hydrogens is 353 g/mol. The molecule has 1 aromatic carbocycles. The molecule has 8 heteroatoms. The number of carbonyl (C=O) groups excluding carboxylic acids is 3. The van der Waals surface area contributed by atoms with Crippen molar-refractivity contribution in [1.82, 2.24) is 15.1 Å². The van der Waals surface area contributed by atoms with Crippen LogP contribution in [0.4, 0.5) is 9.18 Å². The molecule has 1 N–H and O–H groups in total. The summed E-state index contributed by atoms with van der Waals surface area (Å²) in [6.07, 6.45) is 0.0870. The largest absolute Gasteiger partial charge is 0.372 e. The first kappa shape index (κ1) is 19.3. The normalized spacial score (nSPS) is 28.4. The van der Waals surface area contributed by atoms with Gasteiger partial charge in [0.1, 0.15) is 17.9 Å². The molecule has 0 saturated carbocycles. The number of ether oxygens (including phenoxy) is 1. The van der Waals surface area contributed by atoms with Crippen LogP contribution in [0.5, 0.6) is 0 Å². The number of urea groups is 1. The van der Waals surface area contributed by atoms with Crippen LogP contribution in [0.2, 0.25) is 0 Å². The second-order valence-electron chi connectivity index (χ2n) is 7.14. The molecule has 1 aromatic rings. The van der Waals surface area contributed by atoms with Crippen molar-refractivity contribution in [3.8, 4) is 0 Å². The molecule has 0 unspecified atom stereocenters. The minimum Gasteiger partial charge on any atom is -0.372 e. The van der Waals surface area contributed by atoms with Crippen LogP contribution in [0.25, 0.3) is 0 Å². The fourth-order valence-electron chi connectivity index (χ4n) is 3.76. The van der Waals surface area contributed by atoms with E-state index in [-0.39, 0.29) is 24.7 Å². The second-order valence-corrected chi connectivity index (χ2v) is 7.14. The fourth-order valence-corrected chi connectivity index (χ4v) is 3.76. The van der Waals surface area contributed by atoms with Crippen molar-refractivity contribution in [3.63, 3.8) is 0 Å². The van der Waals surface area contributed by atoms with Crippen molar-refractivity contribution < 1.29 is 23.5 Å². The highest BCUT2D eigenvalue weighted by atomic mass is 19.1. The highest BCUT2D eigenvalue weighted by Crippen LogP contribution is 2.32. The van der Waals surface area contributed by atoms with E-state index in [2.05, 4.69) is 5.32 Å². The number of amides is 4. The van der Waals surface area contributed by atoms with Crippen molar-refractivity contribution in [2.45, 2.75) is 44.9 Å². The van der Waals surface area contributed by atoms with E-state index in [1.54, 1.807) is 11.8 Å². The lowest BCUT2D eigenvalue weighted by atomic mass is 9.87. The van der Waals surface area contributed by atoms with Crippen LogP contribution in [0.3, 0.4) is 0 Å². The zero-order valence-electron chi connectivity index (χ0n) is 15.7. The van der Waals surface area contributed by atoms with E-state index in [0.717, 1.165) is 4.90 Å². The fraction of sp³-hybridized carbons (Fsp3) is 0.526. The summed E-state index contributed by atoms with van der Waals surface area (Å²) < 4.78 is 18.9. The standard InChI is InChI=1S/C19H24FN3O4/c1-4-19(14-5-7-15(20)8-6-14)17(25)23(18(26)21-19)11-16(24)22-9-12(2)27-13(3)10-22/h5-8,12-13H,4,9-11H2,1-3H3,(H,21,26)/t12-,13-,19-/m1/s1. The summed E-state index contributed by atoms with van der Waals surface area (Å²) in [4.78, 5) is 40.7. The summed E-state index contributed by atoms with van der Waals surface area (Å²) in [7, 11) is 0. The Balaban J connectivity index is 1.79. The molecule has 146 valence electrons. The van der Waals surface area contributed by atoms with E-state index < -0.39 is 23.3 Å². The highest BCUT2D eigenvalue weighted by molar-refractivity contribution is 6.09. The number of hydrogen-bond acceptors (Lipinski definition) is 4. The Labute approximate surface area is 157 Å². The Morgan fingerprint density at radius 2 is 1.81 bits per heavy atom. The maximum atomic E-state index is 13.3. The van der Waals surface area contributed by atoms with Gasteiger partial charge in [0.25, 0.3) is 5.91 Å². The molecule has 0 bridgehead atoms. The maximum absolute atomic E-state index is 13.3. The smallest absolute Gasteiger partial charge is 0.325 e. The monoisotopic (exact) mass is 377 g/mol. The predicted octanol–water partition coefficient (Wildman–Crippen LogP) is 1.62. The van der Waals surface area contributed by atoms with Crippen molar-refractivity contribution in [1.29, 1.82) is 0 Å². The topological polar surface area (TPSA) is 79.0 Å². The van der Waals surface area contributed by atoms with Gasteiger partial charge >= 0.3 is 6.03 Å². The third-order valence-electron chi connectivity index (χ3n) is 5.11. The third-order valence-corrected chi connectivity index (χ3v) is 5.11. The molecular formula is C19H24FN3O4. The van der Waals surface area contributed by atoms with Gasteiger partial charge in [-0.2, -0.15) is 0 Å². The first-order valence-electron chi connectivity index (χ1n) is 9.10. The summed E-state index contributed by atoms with van der Waals surface area (Å²) in [5, 5.41) is 2.70. The van der Waals surface area contributed by atoms with Gasteiger partial charge in [-0.3, -0.25) is 14.5 Å². The Morgan fingerprint density at radius 1 is 1.22 bits per heavy atom. The average Bonchev–Trinajstić information content (AvgIpc) is 2.86. The molecule has 0 aliphatic carbocycles. The van der Waals surface area contributed by atoms with Crippen molar-refractivity contribution in [2.24, 2.45) is 0 Å². The Bertz CT molecular complexity index is 744. The molecule has 2 heterocycles. The van der Waals surface area contributed by atoms with Gasteiger partial charge in [0.15, 0.2) is 0 Å². The SMILES string of the molecule is CC[C@]1(c2ccc(F)cc2)NC(=O)N(CC(=O)N2C[C@@H](C)O[C@H](C)C2)C1=O. The number of imide groups is 1. The van der Waals surface area contributed by atoms with E-state index in [4.69, 9.17) is 4.74 Å². The van der Waals surface area contributed by atoms with Crippen LogP contribution in [0.15, 0.2) is 24.3 Å². The minimum absolute atomic E-state index is 0.102. The van der Waals surface area contributed by atoms with Crippen molar-refractivity contribution in [2.75, 3.05) is 19.6 Å². The second kappa shape index (κ2) is 7.26. The van der Waals surface area contributed by atoms with Gasteiger partial charge in [0.2, 0.25) is 5.91 Å². The molecule has 4 amide bonds. The van der Waals surface area contributed by atoms with Gasteiger partial charge in [-0.1, -0.05) is 19.1 Å². The van der Waals surface area contributed by atoms with Gasteiger partial charge in [0, 0.05) is 13.1 Å². The number of morpholine rings is 1. The lowest BCUT2D eigenvalue weighted by Crippen LogP contribution is -2.52. The molecule has 7 nitrogen and oxygen atoms in total.